The summed E-state index contributed by atoms with van der Waals surface area (Å²) >= 11 is 6.77. The van der Waals surface area contributed by atoms with Crippen molar-refractivity contribution < 1.29 is 17.9 Å². The van der Waals surface area contributed by atoms with Crippen molar-refractivity contribution in [2.45, 2.75) is 23.8 Å². The van der Waals surface area contributed by atoms with Gasteiger partial charge in [-0.15, -0.1) is 0 Å². The minimum atomic E-state index is -3.63. The van der Waals surface area contributed by atoms with Crippen LogP contribution in [0.5, 0.6) is 0 Å². The number of carbonyl (C=O) groups excluding carboxylic acids is 1. The third kappa shape index (κ3) is 5.27. The summed E-state index contributed by atoms with van der Waals surface area (Å²) in [5.74, 6) is -0.159. The SMILES string of the molecule is CN(C)S(=O)(=O)c1cccc(-c2nn(-c3ccccc3)cc2/C=C2\SC(=S)N(C[C@@H]3CCCO3)C2=O)c1. The van der Waals surface area contributed by atoms with Gasteiger partial charge in [0.15, 0.2) is 0 Å². The highest BCUT2D eigenvalue weighted by atomic mass is 32.2. The number of hydrogen-bond acceptors (Lipinski definition) is 7. The number of ether oxygens (including phenoxy) is 1. The summed E-state index contributed by atoms with van der Waals surface area (Å²) in [6.45, 7) is 1.16. The Hall–Kier alpha value is -2.83. The second kappa shape index (κ2) is 10.5. The molecule has 192 valence electrons. The van der Waals surface area contributed by atoms with E-state index in [4.69, 9.17) is 22.1 Å². The molecule has 1 atom stereocenters. The Morgan fingerprint density at radius 3 is 2.68 bits per heavy atom. The first-order chi connectivity index (χ1) is 17.7. The Bertz CT molecular complexity index is 1480. The molecule has 0 aliphatic carbocycles. The largest absolute Gasteiger partial charge is 0.376 e. The fourth-order valence-corrected chi connectivity index (χ4v) is 6.45. The Labute approximate surface area is 226 Å². The van der Waals surface area contributed by atoms with Gasteiger partial charge in [-0.25, -0.2) is 17.4 Å². The van der Waals surface area contributed by atoms with E-state index in [2.05, 4.69) is 0 Å². The van der Waals surface area contributed by atoms with Crippen LogP contribution in [0, 0.1) is 0 Å². The molecule has 0 spiro atoms. The van der Waals surface area contributed by atoms with Gasteiger partial charge < -0.3 is 4.74 Å². The highest BCUT2D eigenvalue weighted by molar-refractivity contribution is 8.26. The number of nitrogens with zero attached hydrogens (tertiary/aromatic N) is 4. The lowest BCUT2D eigenvalue weighted by Crippen LogP contribution is -2.35. The average molecular weight is 555 g/mol. The number of para-hydroxylation sites is 1. The zero-order valence-electron chi connectivity index (χ0n) is 20.4. The van der Waals surface area contributed by atoms with Crippen LogP contribution in [-0.2, 0) is 19.6 Å². The Morgan fingerprint density at radius 1 is 1.19 bits per heavy atom. The van der Waals surface area contributed by atoms with Crippen molar-refractivity contribution in [2.24, 2.45) is 0 Å². The molecule has 2 fully saturated rings. The van der Waals surface area contributed by atoms with Crippen molar-refractivity contribution in [1.29, 1.82) is 0 Å². The van der Waals surface area contributed by atoms with Crippen LogP contribution < -0.4 is 0 Å². The molecule has 1 amide bonds. The van der Waals surface area contributed by atoms with Crippen LogP contribution >= 0.6 is 24.0 Å². The minimum Gasteiger partial charge on any atom is -0.376 e. The zero-order chi connectivity index (χ0) is 26.2. The van der Waals surface area contributed by atoms with Gasteiger partial charge in [-0.3, -0.25) is 9.69 Å². The number of carbonyl (C=O) groups is 1. The monoisotopic (exact) mass is 554 g/mol. The fraction of sp³-hybridized carbons (Fsp3) is 0.269. The first-order valence-corrected chi connectivity index (χ1v) is 14.5. The lowest BCUT2D eigenvalue weighted by Gasteiger charge is -2.18. The number of thioether (sulfide) groups is 1. The van der Waals surface area contributed by atoms with Crippen LogP contribution in [0.3, 0.4) is 0 Å². The van der Waals surface area contributed by atoms with Gasteiger partial charge in [-0.05, 0) is 43.2 Å². The van der Waals surface area contributed by atoms with Crippen molar-refractivity contribution in [2.75, 3.05) is 27.2 Å². The van der Waals surface area contributed by atoms with E-state index in [1.165, 1.54) is 30.2 Å². The van der Waals surface area contributed by atoms with E-state index in [1.54, 1.807) is 33.9 Å². The predicted octanol–water partition coefficient (Wildman–Crippen LogP) is 4.17. The lowest BCUT2D eigenvalue weighted by molar-refractivity contribution is -0.123. The van der Waals surface area contributed by atoms with Crippen molar-refractivity contribution in [3.05, 3.63) is 71.3 Å². The number of sulfonamides is 1. The lowest BCUT2D eigenvalue weighted by atomic mass is 10.1. The molecule has 1 aromatic heterocycles. The van der Waals surface area contributed by atoms with Gasteiger partial charge in [0.05, 0.1) is 28.1 Å². The Morgan fingerprint density at radius 2 is 1.97 bits per heavy atom. The number of rotatable bonds is 7. The summed E-state index contributed by atoms with van der Waals surface area (Å²) in [5.41, 5.74) is 2.70. The molecule has 0 unspecified atom stereocenters. The second-order valence-corrected chi connectivity index (χ2v) is 12.8. The van der Waals surface area contributed by atoms with Crippen LogP contribution in [0.15, 0.2) is 70.6 Å². The van der Waals surface area contributed by atoms with Crippen molar-refractivity contribution in [1.82, 2.24) is 19.0 Å². The third-order valence-electron chi connectivity index (χ3n) is 6.22. The Kier molecular flexibility index (Phi) is 7.32. The standard InChI is InChI=1S/C26H26N4O4S3/c1-28(2)37(32,33)22-12-6-8-18(14-22)24-19(16-30(27-24)20-9-4-3-5-10-20)15-23-25(31)29(26(35)36-23)17-21-11-7-13-34-21/h3-6,8-10,12,14-16,21H,7,11,13,17H2,1-2H3/b23-15-/t21-/m0/s1. The molecule has 3 heterocycles. The summed E-state index contributed by atoms with van der Waals surface area (Å²) < 4.78 is 34.7. The molecule has 2 saturated heterocycles. The Balaban J connectivity index is 1.56. The highest BCUT2D eigenvalue weighted by Gasteiger charge is 2.35. The maximum atomic E-state index is 13.3. The van der Waals surface area contributed by atoms with E-state index in [-0.39, 0.29) is 16.9 Å². The number of thiocarbonyl (C=S) groups is 1. The van der Waals surface area contributed by atoms with E-state index in [9.17, 15) is 13.2 Å². The van der Waals surface area contributed by atoms with Gasteiger partial charge in [0.25, 0.3) is 5.91 Å². The van der Waals surface area contributed by atoms with Crippen molar-refractivity contribution >= 4 is 50.3 Å². The molecule has 0 bridgehead atoms. The normalized spacial score (nSPS) is 19.5. The summed E-state index contributed by atoms with van der Waals surface area (Å²) in [5, 5.41) is 4.78. The molecular weight excluding hydrogens is 529 g/mol. The quantitative estimate of drug-likeness (QED) is 0.320. The van der Waals surface area contributed by atoms with E-state index in [0.29, 0.717) is 39.2 Å². The van der Waals surface area contributed by atoms with Gasteiger partial charge in [0.1, 0.15) is 10.0 Å². The predicted molar refractivity (Wildman–Crippen MR) is 149 cm³/mol. The molecule has 5 rings (SSSR count). The van der Waals surface area contributed by atoms with E-state index < -0.39 is 10.0 Å². The van der Waals surface area contributed by atoms with E-state index in [1.807, 2.05) is 42.6 Å². The molecule has 8 nitrogen and oxygen atoms in total. The van der Waals surface area contributed by atoms with Crippen LogP contribution in [0.1, 0.15) is 18.4 Å². The molecule has 37 heavy (non-hydrogen) atoms. The smallest absolute Gasteiger partial charge is 0.266 e. The maximum absolute atomic E-state index is 13.3. The molecule has 2 aromatic carbocycles. The second-order valence-electron chi connectivity index (χ2n) is 8.96. The van der Waals surface area contributed by atoms with E-state index >= 15 is 0 Å². The minimum absolute atomic E-state index is 0.000345. The molecule has 2 aliphatic rings. The van der Waals surface area contributed by atoms with Crippen LogP contribution in [0.4, 0.5) is 0 Å². The first kappa shape index (κ1) is 25.8. The molecular formula is C26H26N4O4S3. The van der Waals surface area contributed by atoms with Gasteiger partial charge in [0.2, 0.25) is 10.0 Å². The van der Waals surface area contributed by atoms with Gasteiger partial charge >= 0.3 is 0 Å². The summed E-state index contributed by atoms with van der Waals surface area (Å²) in [4.78, 5) is 15.5. The molecule has 0 saturated carbocycles. The summed E-state index contributed by atoms with van der Waals surface area (Å²) in [6, 6.07) is 16.3. The average Bonchev–Trinajstić information content (AvgIpc) is 3.62. The van der Waals surface area contributed by atoms with Gasteiger partial charge in [-0.1, -0.05) is 54.3 Å². The van der Waals surface area contributed by atoms with Crippen LogP contribution in [0.25, 0.3) is 23.0 Å². The number of hydrogen-bond donors (Lipinski definition) is 0. The third-order valence-corrected chi connectivity index (χ3v) is 9.41. The van der Waals surface area contributed by atoms with Crippen LogP contribution in [-0.4, -0.2) is 71.0 Å². The van der Waals surface area contributed by atoms with Crippen LogP contribution in [0.2, 0.25) is 0 Å². The molecule has 3 aromatic rings. The molecule has 0 N–H and O–H groups in total. The van der Waals surface area contributed by atoms with Gasteiger partial charge in [-0.2, -0.15) is 5.10 Å². The van der Waals surface area contributed by atoms with E-state index in [0.717, 1.165) is 18.5 Å². The zero-order valence-corrected chi connectivity index (χ0v) is 22.9. The maximum Gasteiger partial charge on any atom is 0.266 e. The fourth-order valence-electron chi connectivity index (χ4n) is 4.24. The number of amides is 1. The topological polar surface area (TPSA) is 84.7 Å². The highest BCUT2D eigenvalue weighted by Crippen LogP contribution is 2.36. The van der Waals surface area contributed by atoms with Crippen molar-refractivity contribution in [3.63, 3.8) is 0 Å². The molecule has 2 aliphatic heterocycles. The molecule has 11 heteroatoms. The summed E-state index contributed by atoms with van der Waals surface area (Å²) in [7, 11) is -0.641. The first-order valence-electron chi connectivity index (χ1n) is 11.8. The van der Waals surface area contributed by atoms with Crippen molar-refractivity contribution in [3.8, 4) is 16.9 Å². The van der Waals surface area contributed by atoms with Gasteiger partial charge in [0, 0.05) is 38.0 Å². The summed E-state index contributed by atoms with van der Waals surface area (Å²) in [6.07, 6.45) is 5.52. The number of benzene rings is 2. The molecule has 0 radical (unpaired) electrons. The number of aromatic nitrogens is 2.